The fourth-order valence-corrected chi connectivity index (χ4v) is 4.51. The van der Waals surface area contributed by atoms with Gasteiger partial charge in [0.15, 0.2) is 0 Å². The van der Waals surface area contributed by atoms with E-state index in [2.05, 4.69) is 4.98 Å². The third-order valence-electron chi connectivity index (χ3n) is 4.89. The molecule has 0 amide bonds. The highest BCUT2D eigenvalue weighted by molar-refractivity contribution is 7.89. The first-order valence-corrected chi connectivity index (χ1v) is 11.1. The van der Waals surface area contributed by atoms with Gasteiger partial charge in [-0.3, -0.25) is 9.78 Å². The Hall–Kier alpha value is -2.48. The number of carbonyl (C=O) groups is 1. The van der Waals surface area contributed by atoms with E-state index in [9.17, 15) is 13.2 Å². The Balaban J connectivity index is 1.95. The number of pyridine rings is 1. The molecule has 0 saturated heterocycles. The maximum absolute atomic E-state index is 13.0. The fraction of sp³-hybridized carbons (Fsp3) is 0.238. The smallest absolute Gasteiger partial charge is 0.209 e. The van der Waals surface area contributed by atoms with Crippen LogP contribution in [0.5, 0.6) is 0 Å². The summed E-state index contributed by atoms with van der Waals surface area (Å²) in [5.74, 6) is -0.689. The molecule has 29 heavy (non-hydrogen) atoms. The predicted molar refractivity (Wildman–Crippen MR) is 114 cm³/mol. The van der Waals surface area contributed by atoms with Crippen LogP contribution >= 0.6 is 11.6 Å². The first-order valence-electron chi connectivity index (χ1n) is 9.01. The molecule has 0 bridgehead atoms. The monoisotopic (exact) mass is 431 g/mol. The molecule has 0 spiro atoms. The third-order valence-corrected chi connectivity index (χ3v) is 6.01. The molecule has 3 rings (SSSR count). The Morgan fingerprint density at radius 1 is 1.24 bits per heavy atom. The van der Waals surface area contributed by atoms with Gasteiger partial charge in [-0.1, -0.05) is 17.7 Å². The minimum absolute atomic E-state index is 0.114. The van der Waals surface area contributed by atoms with E-state index in [0.717, 1.165) is 16.8 Å². The van der Waals surface area contributed by atoms with Crippen LogP contribution in [0.15, 0.2) is 54.9 Å². The van der Waals surface area contributed by atoms with Crippen LogP contribution in [-0.4, -0.2) is 29.5 Å². The molecular weight excluding hydrogens is 410 g/mol. The van der Waals surface area contributed by atoms with Crippen LogP contribution in [0.4, 0.5) is 0 Å². The second-order valence-corrected chi connectivity index (χ2v) is 9.17. The number of halogens is 1. The van der Waals surface area contributed by atoms with E-state index >= 15 is 0 Å². The summed E-state index contributed by atoms with van der Waals surface area (Å²) in [4.78, 5) is 17.1. The van der Waals surface area contributed by atoms with Crippen LogP contribution in [0.2, 0.25) is 5.02 Å². The number of ketones is 1. The summed E-state index contributed by atoms with van der Waals surface area (Å²) in [6.07, 6.45) is 3.69. The average molecular weight is 432 g/mol. The molecule has 2 N–H and O–H groups in total. The van der Waals surface area contributed by atoms with Crippen molar-refractivity contribution in [2.75, 3.05) is 5.75 Å². The topological polar surface area (TPSA) is 95.1 Å². The molecule has 1 unspecified atom stereocenters. The number of primary sulfonamides is 1. The van der Waals surface area contributed by atoms with Gasteiger partial charge in [0.1, 0.15) is 0 Å². The predicted octanol–water partition coefficient (Wildman–Crippen LogP) is 3.23. The normalized spacial score (nSPS) is 12.7. The number of rotatable bonds is 7. The second kappa shape index (κ2) is 8.49. The first kappa shape index (κ1) is 21.2. The highest BCUT2D eigenvalue weighted by atomic mass is 35.5. The summed E-state index contributed by atoms with van der Waals surface area (Å²) in [7, 11) is -1.88. The zero-order valence-electron chi connectivity index (χ0n) is 16.2. The number of hydrogen-bond acceptors (Lipinski definition) is 4. The first-order chi connectivity index (χ1) is 13.7. The van der Waals surface area contributed by atoms with Crippen LogP contribution in [0.1, 0.15) is 38.8 Å². The van der Waals surface area contributed by atoms with Crippen LogP contribution < -0.4 is 5.14 Å². The minimum atomic E-state index is -3.69. The van der Waals surface area contributed by atoms with Crippen molar-refractivity contribution in [3.63, 3.8) is 0 Å². The molecular formula is C21H22ClN3O3S. The summed E-state index contributed by atoms with van der Waals surface area (Å²) in [6, 6.07) is 12.2. The summed E-state index contributed by atoms with van der Waals surface area (Å²) in [5, 5.41) is 5.88. The molecule has 2 heterocycles. The van der Waals surface area contributed by atoms with Crippen molar-refractivity contribution < 1.29 is 13.2 Å². The SMILES string of the molecule is Cc1cc(CC(CS(N)(=O)=O)c2cccnc2)n(C)c1C(=O)c1ccc(Cl)cc1. The molecule has 0 aliphatic heterocycles. The van der Waals surface area contributed by atoms with Gasteiger partial charge >= 0.3 is 0 Å². The minimum Gasteiger partial charge on any atom is -0.345 e. The zero-order valence-corrected chi connectivity index (χ0v) is 17.7. The zero-order chi connectivity index (χ0) is 21.2. The van der Waals surface area contributed by atoms with E-state index in [4.69, 9.17) is 16.7 Å². The van der Waals surface area contributed by atoms with Crippen molar-refractivity contribution >= 4 is 27.4 Å². The van der Waals surface area contributed by atoms with Gasteiger partial charge in [-0.15, -0.1) is 0 Å². The number of carbonyl (C=O) groups excluding carboxylic acids is 1. The van der Waals surface area contributed by atoms with Gasteiger partial charge in [-0.2, -0.15) is 0 Å². The molecule has 2 aromatic heterocycles. The van der Waals surface area contributed by atoms with Crippen molar-refractivity contribution in [2.45, 2.75) is 19.3 Å². The van der Waals surface area contributed by atoms with E-state index in [1.54, 1.807) is 42.7 Å². The molecule has 152 valence electrons. The highest BCUT2D eigenvalue weighted by Gasteiger charge is 2.23. The van der Waals surface area contributed by atoms with Crippen LogP contribution in [-0.2, 0) is 23.5 Å². The number of aromatic nitrogens is 2. The highest BCUT2D eigenvalue weighted by Crippen LogP contribution is 2.26. The lowest BCUT2D eigenvalue weighted by Gasteiger charge is -2.17. The Bertz CT molecular complexity index is 1120. The number of aryl methyl sites for hydroxylation is 1. The van der Waals surface area contributed by atoms with E-state index in [0.29, 0.717) is 22.7 Å². The van der Waals surface area contributed by atoms with Crippen LogP contribution in [0.25, 0.3) is 0 Å². The molecule has 0 radical (unpaired) electrons. The van der Waals surface area contributed by atoms with E-state index in [-0.39, 0.29) is 17.5 Å². The quantitative estimate of drug-likeness (QED) is 0.581. The van der Waals surface area contributed by atoms with Crippen molar-refractivity contribution in [1.82, 2.24) is 9.55 Å². The number of nitrogens with two attached hydrogens (primary N) is 1. The van der Waals surface area contributed by atoms with Gasteiger partial charge in [-0.25, -0.2) is 13.6 Å². The standard InChI is InChI=1S/C21H22ClN3O3S/c1-14-10-19(11-17(13-29(23,27)28)16-4-3-9-24-12-16)25(2)20(14)21(26)15-5-7-18(22)8-6-15/h3-10,12,17H,11,13H2,1-2H3,(H2,23,27,28). The second-order valence-electron chi connectivity index (χ2n) is 7.08. The molecule has 3 aromatic rings. The molecule has 0 fully saturated rings. The lowest BCUT2D eigenvalue weighted by Crippen LogP contribution is -2.24. The fourth-order valence-electron chi connectivity index (χ4n) is 3.51. The number of hydrogen-bond donors (Lipinski definition) is 1. The largest absolute Gasteiger partial charge is 0.345 e. The van der Waals surface area contributed by atoms with Crippen molar-refractivity contribution in [3.05, 3.63) is 88.0 Å². The van der Waals surface area contributed by atoms with Crippen LogP contribution in [0, 0.1) is 6.92 Å². The number of benzene rings is 1. The Morgan fingerprint density at radius 2 is 1.93 bits per heavy atom. The average Bonchev–Trinajstić information content (AvgIpc) is 2.94. The molecule has 8 heteroatoms. The van der Waals surface area contributed by atoms with Gasteiger partial charge in [0.05, 0.1) is 11.4 Å². The third kappa shape index (κ3) is 5.12. The van der Waals surface area contributed by atoms with Gasteiger partial charge in [0.25, 0.3) is 0 Å². The summed E-state index contributed by atoms with van der Waals surface area (Å²) in [6.45, 7) is 1.87. The summed E-state index contributed by atoms with van der Waals surface area (Å²) in [5.41, 5.74) is 3.55. The Kier molecular flexibility index (Phi) is 6.21. The lowest BCUT2D eigenvalue weighted by molar-refractivity contribution is 0.103. The summed E-state index contributed by atoms with van der Waals surface area (Å²) >= 11 is 5.92. The molecule has 0 saturated carbocycles. The number of nitrogens with zero attached hydrogens (tertiary/aromatic N) is 2. The lowest BCUT2D eigenvalue weighted by atomic mass is 9.97. The van der Waals surface area contributed by atoms with Crippen molar-refractivity contribution in [2.24, 2.45) is 12.2 Å². The number of sulfonamides is 1. The Morgan fingerprint density at radius 3 is 2.52 bits per heavy atom. The summed E-state index contributed by atoms with van der Waals surface area (Å²) < 4.78 is 25.4. The Labute approximate surface area is 175 Å². The molecule has 1 atom stereocenters. The van der Waals surface area contributed by atoms with Gasteiger partial charge in [-0.05, 0) is 60.9 Å². The van der Waals surface area contributed by atoms with E-state index in [1.807, 2.05) is 30.7 Å². The van der Waals surface area contributed by atoms with Crippen LogP contribution in [0.3, 0.4) is 0 Å². The van der Waals surface area contributed by atoms with Gasteiger partial charge < -0.3 is 4.57 Å². The van der Waals surface area contributed by atoms with E-state index < -0.39 is 10.0 Å². The molecule has 0 aliphatic carbocycles. The van der Waals surface area contributed by atoms with Crippen molar-refractivity contribution in [1.29, 1.82) is 0 Å². The van der Waals surface area contributed by atoms with Gasteiger partial charge in [0, 0.05) is 41.6 Å². The molecule has 6 nitrogen and oxygen atoms in total. The van der Waals surface area contributed by atoms with Crippen molar-refractivity contribution in [3.8, 4) is 0 Å². The molecule has 1 aromatic carbocycles. The molecule has 0 aliphatic rings. The van der Waals surface area contributed by atoms with E-state index in [1.165, 1.54) is 0 Å². The maximum atomic E-state index is 13.0. The van der Waals surface area contributed by atoms with Gasteiger partial charge in [0.2, 0.25) is 15.8 Å². The maximum Gasteiger partial charge on any atom is 0.209 e.